The number of methoxy groups -OCH3 is 1. The summed E-state index contributed by atoms with van der Waals surface area (Å²) in [7, 11) is -2.30. The molecule has 0 aliphatic heterocycles. The topological polar surface area (TPSA) is 84.1 Å². The van der Waals surface area contributed by atoms with Gasteiger partial charge >= 0.3 is 0 Å². The molecule has 0 aliphatic carbocycles. The first kappa shape index (κ1) is 17.8. The highest BCUT2D eigenvalue weighted by Crippen LogP contribution is 2.35. The molecule has 132 valence electrons. The first-order valence-corrected chi connectivity index (χ1v) is 9.97. The van der Waals surface area contributed by atoms with E-state index in [1.165, 1.54) is 13.2 Å². The first-order chi connectivity index (χ1) is 11.8. The monoisotopic (exact) mass is 397 g/mol. The van der Waals surface area contributed by atoms with Crippen LogP contribution in [0, 0.1) is 13.8 Å². The Morgan fingerprint density at radius 2 is 2.00 bits per heavy atom. The zero-order valence-corrected chi connectivity index (χ0v) is 16.1. The van der Waals surface area contributed by atoms with Gasteiger partial charge in [0.2, 0.25) is 0 Å². The fourth-order valence-corrected chi connectivity index (χ4v) is 4.86. The van der Waals surface area contributed by atoms with E-state index in [2.05, 4.69) is 14.9 Å². The normalized spacial score (nSPS) is 11.5. The van der Waals surface area contributed by atoms with Crippen molar-refractivity contribution in [2.75, 3.05) is 11.8 Å². The van der Waals surface area contributed by atoms with Gasteiger partial charge in [0, 0.05) is 10.7 Å². The quantitative estimate of drug-likeness (QED) is 0.675. The van der Waals surface area contributed by atoms with E-state index in [0.717, 1.165) is 33.2 Å². The average Bonchev–Trinajstić information content (AvgIpc) is 3.16. The number of anilines is 1. The van der Waals surface area contributed by atoms with E-state index in [1.807, 2.05) is 13.8 Å². The molecule has 3 rings (SSSR count). The number of rotatable bonds is 5. The fourth-order valence-electron chi connectivity index (χ4n) is 2.27. The second kappa shape index (κ2) is 6.70. The van der Waals surface area contributed by atoms with Crippen molar-refractivity contribution in [3.05, 3.63) is 46.6 Å². The lowest BCUT2D eigenvalue weighted by Crippen LogP contribution is -2.12. The van der Waals surface area contributed by atoms with Crippen molar-refractivity contribution in [1.29, 1.82) is 0 Å². The molecule has 2 N–H and O–H groups in total. The number of hydrogen-bond acceptors (Lipinski definition) is 5. The lowest BCUT2D eigenvalue weighted by atomic mass is 10.2. The third-order valence-electron chi connectivity index (χ3n) is 3.74. The SMILES string of the molecule is COc1ccc(Cl)cc1NS(=O)(=O)c1ccc(-c2n[nH]c(C)c2C)s1. The van der Waals surface area contributed by atoms with E-state index in [-0.39, 0.29) is 9.90 Å². The maximum atomic E-state index is 12.7. The Hall–Kier alpha value is -2.03. The minimum Gasteiger partial charge on any atom is -0.495 e. The molecule has 6 nitrogen and oxygen atoms in total. The molecule has 0 fully saturated rings. The van der Waals surface area contributed by atoms with Crippen molar-refractivity contribution in [3.63, 3.8) is 0 Å². The van der Waals surface area contributed by atoms with Crippen molar-refractivity contribution in [2.45, 2.75) is 18.1 Å². The number of nitrogens with one attached hydrogen (secondary N) is 2. The summed E-state index contributed by atoms with van der Waals surface area (Å²) in [6.45, 7) is 3.86. The molecule has 25 heavy (non-hydrogen) atoms. The second-order valence-corrected chi connectivity index (χ2v) is 8.82. The van der Waals surface area contributed by atoms with Crippen LogP contribution in [0.3, 0.4) is 0 Å². The van der Waals surface area contributed by atoms with E-state index < -0.39 is 10.0 Å². The van der Waals surface area contributed by atoms with Crippen LogP contribution in [-0.2, 0) is 10.0 Å². The molecular formula is C16H16ClN3O3S2. The number of aryl methyl sites for hydroxylation is 1. The largest absolute Gasteiger partial charge is 0.495 e. The molecule has 0 amide bonds. The predicted octanol–water partition coefficient (Wildman–Crippen LogP) is 4.22. The molecule has 0 saturated carbocycles. The van der Waals surface area contributed by atoms with Crippen molar-refractivity contribution >= 4 is 38.6 Å². The number of aromatic nitrogens is 2. The number of halogens is 1. The molecule has 0 atom stereocenters. The smallest absolute Gasteiger partial charge is 0.271 e. The van der Waals surface area contributed by atoms with Gasteiger partial charge in [0.15, 0.2) is 0 Å². The summed E-state index contributed by atoms with van der Waals surface area (Å²) in [6, 6.07) is 8.05. The van der Waals surface area contributed by atoms with Crippen LogP contribution >= 0.6 is 22.9 Å². The van der Waals surface area contributed by atoms with E-state index in [1.54, 1.807) is 24.3 Å². The van der Waals surface area contributed by atoms with Crippen molar-refractivity contribution in [2.24, 2.45) is 0 Å². The van der Waals surface area contributed by atoms with Crippen LogP contribution in [-0.4, -0.2) is 25.7 Å². The van der Waals surface area contributed by atoms with Crippen LogP contribution in [0.25, 0.3) is 10.6 Å². The number of benzene rings is 1. The number of ether oxygens (including phenoxy) is 1. The van der Waals surface area contributed by atoms with Crippen LogP contribution < -0.4 is 9.46 Å². The second-order valence-electron chi connectivity index (χ2n) is 5.39. The highest BCUT2D eigenvalue weighted by molar-refractivity contribution is 7.94. The molecule has 2 aromatic heterocycles. The summed E-state index contributed by atoms with van der Waals surface area (Å²) in [5.41, 5.74) is 2.99. The Labute approximate surface area is 154 Å². The maximum absolute atomic E-state index is 12.7. The zero-order chi connectivity index (χ0) is 18.2. The average molecular weight is 398 g/mol. The van der Waals surface area contributed by atoms with Crippen molar-refractivity contribution < 1.29 is 13.2 Å². The van der Waals surface area contributed by atoms with Crippen LogP contribution in [0.1, 0.15) is 11.3 Å². The molecule has 0 bridgehead atoms. The van der Waals surface area contributed by atoms with Gasteiger partial charge in [0.1, 0.15) is 15.7 Å². The van der Waals surface area contributed by atoms with Gasteiger partial charge in [-0.3, -0.25) is 9.82 Å². The van der Waals surface area contributed by atoms with Crippen LogP contribution in [0.5, 0.6) is 5.75 Å². The highest BCUT2D eigenvalue weighted by atomic mass is 35.5. The molecule has 0 aliphatic rings. The molecule has 0 spiro atoms. The van der Waals surface area contributed by atoms with Crippen LogP contribution in [0.2, 0.25) is 5.02 Å². The number of aromatic amines is 1. The molecule has 1 aromatic carbocycles. The highest BCUT2D eigenvalue weighted by Gasteiger charge is 2.21. The van der Waals surface area contributed by atoms with Crippen LogP contribution in [0.4, 0.5) is 5.69 Å². The predicted molar refractivity (Wildman–Crippen MR) is 100 cm³/mol. The van der Waals surface area contributed by atoms with Gasteiger partial charge in [-0.25, -0.2) is 8.42 Å². The molecule has 0 unspecified atom stereocenters. The van der Waals surface area contributed by atoms with Gasteiger partial charge in [-0.15, -0.1) is 11.3 Å². The summed E-state index contributed by atoms with van der Waals surface area (Å²) in [4.78, 5) is 0.778. The number of H-pyrrole nitrogens is 1. The van der Waals surface area contributed by atoms with Crippen molar-refractivity contribution in [1.82, 2.24) is 10.2 Å². The van der Waals surface area contributed by atoms with Gasteiger partial charge in [-0.2, -0.15) is 5.10 Å². The lowest BCUT2D eigenvalue weighted by Gasteiger charge is -2.11. The van der Waals surface area contributed by atoms with Gasteiger partial charge in [0.25, 0.3) is 10.0 Å². The molecule has 2 heterocycles. The van der Waals surface area contributed by atoms with Crippen LogP contribution in [0.15, 0.2) is 34.5 Å². The van der Waals surface area contributed by atoms with E-state index in [9.17, 15) is 8.42 Å². The summed E-state index contributed by atoms with van der Waals surface area (Å²) in [6.07, 6.45) is 0. The van der Waals surface area contributed by atoms with Gasteiger partial charge in [-0.1, -0.05) is 11.6 Å². The van der Waals surface area contributed by atoms with E-state index >= 15 is 0 Å². The number of hydrogen-bond donors (Lipinski definition) is 2. The fraction of sp³-hybridized carbons (Fsp3) is 0.188. The summed E-state index contributed by atoms with van der Waals surface area (Å²) >= 11 is 7.10. The third-order valence-corrected chi connectivity index (χ3v) is 6.92. The Bertz CT molecular complexity index is 1030. The third kappa shape index (κ3) is 3.51. The number of thiophene rings is 1. The maximum Gasteiger partial charge on any atom is 0.271 e. The Morgan fingerprint density at radius 3 is 2.64 bits per heavy atom. The van der Waals surface area contributed by atoms with Crippen molar-refractivity contribution in [3.8, 4) is 16.3 Å². The zero-order valence-electron chi connectivity index (χ0n) is 13.8. The van der Waals surface area contributed by atoms with E-state index in [4.69, 9.17) is 16.3 Å². The minimum atomic E-state index is -3.76. The molecular weight excluding hydrogens is 382 g/mol. The standard InChI is InChI=1S/C16H16ClN3O3S2/c1-9-10(2)18-19-16(9)14-6-7-15(24-14)25(21,22)20-12-8-11(17)4-5-13(12)23-3/h4-8,20H,1-3H3,(H,18,19). The first-order valence-electron chi connectivity index (χ1n) is 7.30. The molecule has 9 heteroatoms. The van der Waals surface area contributed by atoms with E-state index in [0.29, 0.717) is 10.8 Å². The summed E-state index contributed by atoms with van der Waals surface area (Å²) in [5.74, 6) is 0.392. The van der Waals surface area contributed by atoms with Gasteiger partial charge < -0.3 is 4.74 Å². The number of sulfonamides is 1. The molecule has 0 saturated heterocycles. The summed E-state index contributed by atoms with van der Waals surface area (Å²) in [5, 5.41) is 7.55. The van der Waals surface area contributed by atoms with Gasteiger partial charge in [0.05, 0.1) is 17.7 Å². The Kier molecular flexibility index (Phi) is 4.77. The van der Waals surface area contributed by atoms with Gasteiger partial charge in [-0.05, 0) is 49.7 Å². The molecule has 0 radical (unpaired) electrons. The molecule has 3 aromatic rings. The lowest BCUT2D eigenvalue weighted by molar-refractivity contribution is 0.417. The Balaban J connectivity index is 1.94. The Morgan fingerprint density at radius 1 is 1.24 bits per heavy atom. The minimum absolute atomic E-state index is 0.185. The number of nitrogens with zero attached hydrogens (tertiary/aromatic N) is 1. The summed E-state index contributed by atoms with van der Waals surface area (Å²) < 4.78 is 33.3.